The summed E-state index contributed by atoms with van der Waals surface area (Å²) >= 11 is 0. The van der Waals surface area contributed by atoms with E-state index in [1.807, 2.05) is 13.8 Å². The first-order chi connectivity index (χ1) is 5.60. The van der Waals surface area contributed by atoms with Gasteiger partial charge < -0.3 is 10.2 Å². The Morgan fingerprint density at radius 3 is 2.42 bits per heavy atom. The maximum Gasteiger partial charge on any atom is 0.101 e. The van der Waals surface area contributed by atoms with Crippen LogP contribution in [-0.4, -0.2) is 21.9 Å². The van der Waals surface area contributed by atoms with Crippen LogP contribution < -0.4 is 0 Å². The van der Waals surface area contributed by atoms with Crippen molar-refractivity contribution in [3.05, 3.63) is 6.42 Å². The van der Waals surface area contributed by atoms with E-state index < -0.39 is 11.7 Å². The summed E-state index contributed by atoms with van der Waals surface area (Å²) < 4.78 is 0. The van der Waals surface area contributed by atoms with Crippen molar-refractivity contribution in [2.75, 3.05) is 0 Å². The lowest BCUT2D eigenvalue weighted by Crippen LogP contribution is -2.41. The van der Waals surface area contributed by atoms with Crippen LogP contribution in [0.4, 0.5) is 0 Å². The normalized spacial score (nSPS) is 17.9. The van der Waals surface area contributed by atoms with Crippen molar-refractivity contribution in [2.45, 2.75) is 51.2 Å². The molecule has 0 fully saturated rings. The monoisotopic (exact) mass is 169 g/mol. The first kappa shape index (κ1) is 11.5. The molecule has 2 N–H and O–H groups in total. The minimum atomic E-state index is -1.13. The van der Waals surface area contributed by atoms with Crippen LogP contribution in [0.5, 0.6) is 0 Å². The van der Waals surface area contributed by atoms with Crippen LogP contribution in [0.3, 0.4) is 0 Å². The molecular formula is C10H17O2. The molecule has 0 saturated heterocycles. The third kappa shape index (κ3) is 2.84. The summed E-state index contributed by atoms with van der Waals surface area (Å²) in [6.07, 6.45) is 8.00. The standard InChI is InChI=1S/C10H17O2/c1-4-7-10(12,8-5-2)9(11)6-3/h9,11-12H,4,6-8H2,1,3H3. The van der Waals surface area contributed by atoms with Gasteiger partial charge in [-0.05, 0) is 19.3 Å². The van der Waals surface area contributed by atoms with Gasteiger partial charge in [0, 0.05) is 6.42 Å². The van der Waals surface area contributed by atoms with Gasteiger partial charge in [-0.25, -0.2) is 0 Å². The van der Waals surface area contributed by atoms with Gasteiger partial charge in [-0.15, -0.1) is 0 Å². The number of aliphatic hydroxyl groups excluding tert-OH is 1. The summed E-state index contributed by atoms with van der Waals surface area (Å²) in [7, 11) is 0. The lowest BCUT2D eigenvalue weighted by atomic mass is 9.87. The Morgan fingerprint density at radius 1 is 1.50 bits per heavy atom. The van der Waals surface area contributed by atoms with Crippen LogP contribution in [0, 0.1) is 12.3 Å². The van der Waals surface area contributed by atoms with E-state index in [9.17, 15) is 10.2 Å². The number of hydrogen-bond acceptors (Lipinski definition) is 2. The molecule has 0 rings (SSSR count). The summed E-state index contributed by atoms with van der Waals surface area (Å²) in [4.78, 5) is 0. The molecule has 2 atom stereocenters. The fourth-order valence-electron chi connectivity index (χ4n) is 1.34. The fourth-order valence-corrected chi connectivity index (χ4v) is 1.34. The molecule has 2 heteroatoms. The predicted molar refractivity (Wildman–Crippen MR) is 47.9 cm³/mol. The molecule has 0 aliphatic heterocycles. The van der Waals surface area contributed by atoms with Crippen molar-refractivity contribution in [3.63, 3.8) is 0 Å². The molecule has 1 radical (unpaired) electrons. The van der Waals surface area contributed by atoms with Crippen LogP contribution in [0.25, 0.3) is 0 Å². The third-order valence-corrected chi connectivity index (χ3v) is 2.08. The number of hydrogen-bond donors (Lipinski definition) is 2. The molecule has 0 aromatic rings. The third-order valence-electron chi connectivity index (χ3n) is 2.08. The van der Waals surface area contributed by atoms with E-state index in [1.54, 1.807) is 0 Å². The number of aliphatic hydroxyl groups is 2. The van der Waals surface area contributed by atoms with Crippen LogP contribution in [0.1, 0.15) is 39.5 Å². The minimum Gasteiger partial charge on any atom is -0.390 e. The van der Waals surface area contributed by atoms with E-state index in [1.165, 1.54) is 0 Å². The summed E-state index contributed by atoms with van der Waals surface area (Å²) in [6, 6.07) is 0. The van der Waals surface area contributed by atoms with E-state index >= 15 is 0 Å². The van der Waals surface area contributed by atoms with Crippen LogP contribution in [0.15, 0.2) is 0 Å². The van der Waals surface area contributed by atoms with Gasteiger partial charge in [0.1, 0.15) is 5.60 Å². The zero-order chi connectivity index (χ0) is 9.61. The Labute approximate surface area is 74.6 Å². The van der Waals surface area contributed by atoms with Crippen molar-refractivity contribution in [1.29, 1.82) is 0 Å². The highest BCUT2D eigenvalue weighted by molar-refractivity contribution is 4.95. The average molecular weight is 169 g/mol. The largest absolute Gasteiger partial charge is 0.390 e. The lowest BCUT2D eigenvalue weighted by Gasteiger charge is -2.30. The average Bonchev–Trinajstić information content (AvgIpc) is 2.04. The van der Waals surface area contributed by atoms with Gasteiger partial charge in [-0.3, -0.25) is 0 Å². The fraction of sp³-hybridized carbons (Fsp3) is 0.800. The van der Waals surface area contributed by atoms with Crippen molar-refractivity contribution in [3.8, 4) is 5.92 Å². The Hall–Kier alpha value is -0.520. The van der Waals surface area contributed by atoms with Crippen LogP contribution in [0.2, 0.25) is 0 Å². The van der Waals surface area contributed by atoms with E-state index in [0.29, 0.717) is 12.8 Å². The highest BCUT2D eigenvalue weighted by atomic mass is 16.3. The molecule has 0 heterocycles. The van der Waals surface area contributed by atoms with E-state index in [2.05, 4.69) is 5.92 Å². The maximum absolute atomic E-state index is 9.85. The Balaban J connectivity index is 4.28. The molecule has 2 unspecified atom stereocenters. The Morgan fingerprint density at radius 2 is 2.08 bits per heavy atom. The van der Waals surface area contributed by atoms with E-state index in [4.69, 9.17) is 6.42 Å². The Bertz CT molecular complexity index is 160. The van der Waals surface area contributed by atoms with Crippen molar-refractivity contribution in [1.82, 2.24) is 0 Å². The van der Waals surface area contributed by atoms with Gasteiger partial charge in [-0.1, -0.05) is 26.2 Å². The molecule has 0 spiro atoms. The zero-order valence-corrected chi connectivity index (χ0v) is 7.80. The van der Waals surface area contributed by atoms with E-state index in [0.717, 1.165) is 6.42 Å². The summed E-state index contributed by atoms with van der Waals surface area (Å²) in [5, 5.41) is 19.3. The first-order valence-electron chi connectivity index (χ1n) is 4.40. The molecule has 0 aromatic heterocycles. The van der Waals surface area contributed by atoms with E-state index in [-0.39, 0.29) is 6.42 Å². The predicted octanol–water partition coefficient (Wildman–Crippen LogP) is 1.27. The van der Waals surface area contributed by atoms with Crippen LogP contribution in [-0.2, 0) is 0 Å². The molecule has 0 aromatic carbocycles. The van der Waals surface area contributed by atoms with Crippen molar-refractivity contribution >= 4 is 0 Å². The summed E-state index contributed by atoms with van der Waals surface area (Å²) in [5.74, 6) is 2.15. The quantitative estimate of drug-likeness (QED) is 0.608. The van der Waals surface area contributed by atoms with Crippen LogP contribution >= 0.6 is 0 Å². The van der Waals surface area contributed by atoms with Gasteiger partial charge >= 0.3 is 0 Å². The SMILES string of the molecule is [C]#CCC(O)(CCC)C(O)CC. The molecule has 12 heavy (non-hydrogen) atoms. The molecule has 0 saturated carbocycles. The van der Waals surface area contributed by atoms with Crippen molar-refractivity contribution < 1.29 is 10.2 Å². The molecule has 0 aliphatic rings. The van der Waals surface area contributed by atoms with Gasteiger partial charge in [0.25, 0.3) is 0 Å². The maximum atomic E-state index is 9.85. The van der Waals surface area contributed by atoms with Gasteiger partial charge in [0.2, 0.25) is 0 Å². The van der Waals surface area contributed by atoms with Crippen molar-refractivity contribution in [2.24, 2.45) is 0 Å². The Kier molecular flexibility index (Phi) is 4.96. The molecule has 0 aliphatic carbocycles. The van der Waals surface area contributed by atoms with Gasteiger partial charge in [0.15, 0.2) is 0 Å². The second kappa shape index (κ2) is 5.18. The number of rotatable bonds is 5. The molecule has 2 nitrogen and oxygen atoms in total. The van der Waals surface area contributed by atoms with Gasteiger partial charge in [0.05, 0.1) is 6.10 Å². The molecule has 69 valence electrons. The lowest BCUT2D eigenvalue weighted by molar-refractivity contribution is -0.0782. The summed E-state index contributed by atoms with van der Waals surface area (Å²) in [5.41, 5.74) is -1.13. The zero-order valence-electron chi connectivity index (χ0n) is 7.80. The summed E-state index contributed by atoms with van der Waals surface area (Å²) in [6.45, 7) is 3.76. The second-order valence-electron chi connectivity index (χ2n) is 3.13. The topological polar surface area (TPSA) is 40.5 Å². The highest BCUT2D eigenvalue weighted by Gasteiger charge is 2.32. The minimum absolute atomic E-state index is 0.121. The molecule has 0 amide bonds. The molecule has 0 bridgehead atoms. The smallest absolute Gasteiger partial charge is 0.101 e. The highest BCUT2D eigenvalue weighted by Crippen LogP contribution is 2.23. The van der Waals surface area contributed by atoms with Gasteiger partial charge in [-0.2, -0.15) is 0 Å². The molecular weight excluding hydrogens is 152 g/mol. The second-order valence-corrected chi connectivity index (χ2v) is 3.13. The first-order valence-corrected chi connectivity index (χ1v) is 4.40.